The molecule has 0 spiro atoms. The minimum absolute atomic E-state index is 0.0395. The molecule has 0 aromatic heterocycles. The quantitative estimate of drug-likeness (QED) is 0.146. The molecule has 67 heavy (non-hydrogen) atoms. The lowest BCUT2D eigenvalue weighted by Gasteiger charge is -2.65. The number of carbonyl (C=O) groups excluding carboxylic acids is 8. The number of benzene rings is 2. The summed E-state index contributed by atoms with van der Waals surface area (Å²) in [5.74, 6) is -12.5. The van der Waals surface area contributed by atoms with Crippen molar-refractivity contribution in [2.75, 3.05) is 13.2 Å². The first-order valence-electron chi connectivity index (χ1n) is 22.3. The molecule has 18 heteroatoms. The van der Waals surface area contributed by atoms with Gasteiger partial charge in [0.2, 0.25) is 17.7 Å². The average molecular weight is 936 g/mol. The topological polar surface area (TPSA) is 254 Å². The Morgan fingerprint density at radius 3 is 2.06 bits per heavy atom. The summed E-state index contributed by atoms with van der Waals surface area (Å²) in [6.07, 6.45) is -9.86. The third-order valence-electron chi connectivity index (χ3n) is 13.9. The molecule has 364 valence electrons. The van der Waals surface area contributed by atoms with E-state index in [2.05, 4.69) is 5.32 Å². The highest BCUT2D eigenvalue weighted by atomic mass is 16.6. The first-order chi connectivity index (χ1) is 31.1. The largest absolute Gasteiger partial charge is 0.459 e. The molecule has 3 saturated carbocycles. The monoisotopic (exact) mass is 935 g/mol. The molecule has 2 bridgehead atoms. The van der Waals surface area contributed by atoms with Gasteiger partial charge in [0.15, 0.2) is 11.4 Å². The Morgan fingerprint density at radius 1 is 0.896 bits per heavy atom. The number of carbonyl (C=O) groups is 8. The van der Waals surface area contributed by atoms with Crippen molar-refractivity contribution in [2.24, 2.45) is 29.1 Å². The lowest BCUT2D eigenvalue weighted by molar-refractivity contribution is -0.337. The van der Waals surface area contributed by atoms with Crippen LogP contribution >= 0.6 is 0 Å². The fraction of sp³-hybridized carbons (Fsp3) is 0.592. The van der Waals surface area contributed by atoms with Crippen LogP contribution in [0.3, 0.4) is 0 Å². The van der Waals surface area contributed by atoms with Crippen molar-refractivity contribution in [1.29, 1.82) is 0 Å². The fourth-order valence-electron chi connectivity index (χ4n) is 10.1. The standard InChI is InChI=1S/C49H61NO17/c1-25-31(63-43(58)40(64-33(54)23-62-47(9,10)26(2)51)37(28-17-13-11-14-18-28)50-44(59)67-45(4,5)6)22-49(60)41(65-42(57)29-19-15-12-16-20-29)36-34(38(55)39(56)35(25)46(49,7)8)30(53)21-32-48(36,24-61-32)66-27(3)52/h11-20,25,30-32,34-37,40-41,53,60H,21-24H2,1-10H3,(H,50,59). The van der Waals surface area contributed by atoms with E-state index >= 15 is 0 Å². The number of Topliss-reactive ketones (excluding diaryl/α,β-unsaturated/α-hetero) is 3. The van der Waals surface area contributed by atoms with Crippen LogP contribution in [-0.4, -0.2) is 124 Å². The SMILES string of the molecule is CC(=O)OC12COC1CC(O)C1C(=O)C(=O)C3C(C)C(OC(=O)C(OC(=O)COC(C)(C)C(C)=O)C(NC(=O)OC(C)(C)C)c4ccccc4)CC(O)(C(OC(=O)c4ccccc4)C12)C3(C)C. The predicted molar refractivity (Wildman–Crippen MR) is 233 cm³/mol. The van der Waals surface area contributed by atoms with Crippen LogP contribution < -0.4 is 5.32 Å². The highest BCUT2D eigenvalue weighted by molar-refractivity contribution is 6.39. The molecular formula is C49H61NO17. The molecule has 12 unspecified atom stereocenters. The number of nitrogens with one attached hydrogen (secondary N) is 1. The summed E-state index contributed by atoms with van der Waals surface area (Å²) in [6, 6.07) is 14.2. The maximum atomic E-state index is 14.9. The maximum Gasteiger partial charge on any atom is 0.408 e. The van der Waals surface area contributed by atoms with Gasteiger partial charge in [0.1, 0.15) is 47.8 Å². The van der Waals surface area contributed by atoms with Crippen LogP contribution in [0.2, 0.25) is 0 Å². The third kappa shape index (κ3) is 9.89. The minimum atomic E-state index is -2.44. The Morgan fingerprint density at radius 2 is 1.51 bits per heavy atom. The molecule has 3 aliphatic carbocycles. The van der Waals surface area contributed by atoms with Crippen LogP contribution in [-0.2, 0) is 61.9 Å². The lowest BCUT2D eigenvalue weighted by Crippen LogP contribution is -2.80. The molecule has 12 atom stereocenters. The summed E-state index contributed by atoms with van der Waals surface area (Å²) in [5.41, 5.74) is -8.07. The summed E-state index contributed by atoms with van der Waals surface area (Å²) in [6.45, 7) is 13.5. The van der Waals surface area contributed by atoms with Gasteiger partial charge in [-0.05, 0) is 59.2 Å². The number of fused-ring (bicyclic) bond motifs is 5. The number of ketones is 3. The molecule has 1 heterocycles. The third-order valence-corrected chi connectivity index (χ3v) is 13.9. The second-order valence-corrected chi connectivity index (χ2v) is 20.1. The lowest BCUT2D eigenvalue weighted by atomic mass is 9.45. The average Bonchev–Trinajstić information content (AvgIpc) is 3.24. The highest BCUT2D eigenvalue weighted by Crippen LogP contribution is 2.61. The molecular weight excluding hydrogens is 875 g/mol. The molecule has 2 aromatic carbocycles. The van der Waals surface area contributed by atoms with Crippen molar-refractivity contribution in [3.63, 3.8) is 0 Å². The number of amides is 1. The maximum absolute atomic E-state index is 14.9. The van der Waals surface area contributed by atoms with E-state index in [0.29, 0.717) is 0 Å². The first kappa shape index (κ1) is 50.8. The zero-order valence-corrected chi connectivity index (χ0v) is 39.4. The van der Waals surface area contributed by atoms with E-state index in [9.17, 15) is 48.6 Å². The van der Waals surface area contributed by atoms with Gasteiger partial charge in [0.05, 0.1) is 30.1 Å². The summed E-state index contributed by atoms with van der Waals surface area (Å²) >= 11 is 0. The molecule has 4 aliphatic rings. The van der Waals surface area contributed by atoms with Crippen LogP contribution in [0.25, 0.3) is 0 Å². The Bertz CT molecular complexity index is 2250. The number of aliphatic hydroxyl groups is 2. The first-order valence-corrected chi connectivity index (χ1v) is 22.3. The van der Waals surface area contributed by atoms with E-state index in [4.69, 9.17) is 33.2 Å². The number of alkyl carbamates (subject to hydrolysis) is 1. The van der Waals surface area contributed by atoms with Crippen molar-refractivity contribution in [1.82, 2.24) is 5.32 Å². The summed E-state index contributed by atoms with van der Waals surface area (Å²) in [7, 11) is 0. The number of aliphatic hydroxyl groups excluding tert-OH is 1. The van der Waals surface area contributed by atoms with Gasteiger partial charge in [0, 0.05) is 37.0 Å². The van der Waals surface area contributed by atoms with Crippen LogP contribution in [0.1, 0.15) is 104 Å². The summed E-state index contributed by atoms with van der Waals surface area (Å²) in [4.78, 5) is 111. The van der Waals surface area contributed by atoms with Crippen molar-refractivity contribution < 1.29 is 81.7 Å². The van der Waals surface area contributed by atoms with Gasteiger partial charge in [-0.15, -0.1) is 0 Å². The number of ether oxygens (including phenoxy) is 7. The summed E-state index contributed by atoms with van der Waals surface area (Å²) < 4.78 is 41.2. The Kier molecular flexibility index (Phi) is 14.3. The second-order valence-electron chi connectivity index (χ2n) is 20.1. The van der Waals surface area contributed by atoms with Gasteiger partial charge < -0.3 is 48.7 Å². The van der Waals surface area contributed by atoms with E-state index < -0.39 is 148 Å². The molecule has 1 saturated heterocycles. The molecule has 18 nitrogen and oxygen atoms in total. The molecule has 1 amide bonds. The van der Waals surface area contributed by atoms with Crippen LogP contribution in [0.15, 0.2) is 60.7 Å². The Balaban J connectivity index is 1.48. The Labute approximate surface area is 388 Å². The van der Waals surface area contributed by atoms with Crippen molar-refractivity contribution >= 4 is 47.3 Å². The van der Waals surface area contributed by atoms with Gasteiger partial charge >= 0.3 is 30.0 Å². The molecule has 1 aliphatic heterocycles. The van der Waals surface area contributed by atoms with E-state index in [0.717, 1.165) is 6.92 Å². The van der Waals surface area contributed by atoms with E-state index in [1.165, 1.54) is 53.7 Å². The van der Waals surface area contributed by atoms with Crippen molar-refractivity contribution in [3.05, 3.63) is 71.8 Å². The minimum Gasteiger partial charge on any atom is -0.459 e. The van der Waals surface area contributed by atoms with Gasteiger partial charge in [-0.25, -0.2) is 19.2 Å². The number of rotatable bonds is 13. The summed E-state index contributed by atoms with van der Waals surface area (Å²) in [5, 5.41) is 27.9. The number of hydrogen-bond acceptors (Lipinski definition) is 17. The zero-order chi connectivity index (χ0) is 49.6. The zero-order valence-electron chi connectivity index (χ0n) is 39.4. The van der Waals surface area contributed by atoms with Gasteiger partial charge in [-0.3, -0.25) is 19.2 Å². The van der Waals surface area contributed by atoms with E-state index in [1.807, 2.05) is 0 Å². The molecule has 2 aromatic rings. The van der Waals surface area contributed by atoms with E-state index in [-0.39, 0.29) is 24.2 Å². The highest BCUT2D eigenvalue weighted by Gasteiger charge is 2.76. The molecule has 6 rings (SSSR count). The Hall–Kier alpha value is -5.56. The van der Waals surface area contributed by atoms with Crippen LogP contribution in [0.5, 0.6) is 0 Å². The fourth-order valence-corrected chi connectivity index (χ4v) is 10.1. The van der Waals surface area contributed by atoms with Crippen molar-refractivity contribution in [3.8, 4) is 0 Å². The normalized spacial score (nSPS) is 30.8. The van der Waals surface area contributed by atoms with E-state index in [1.54, 1.807) is 69.3 Å². The molecule has 4 fully saturated rings. The van der Waals surface area contributed by atoms with Gasteiger partial charge in [-0.2, -0.15) is 0 Å². The number of esters is 4. The van der Waals surface area contributed by atoms with Crippen LogP contribution in [0, 0.1) is 29.1 Å². The van der Waals surface area contributed by atoms with Crippen molar-refractivity contribution in [2.45, 2.75) is 141 Å². The second kappa shape index (κ2) is 18.8. The predicted octanol–water partition coefficient (Wildman–Crippen LogP) is 3.95. The number of hydrogen-bond donors (Lipinski definition) is 3. The molecule has 3 N–H and O–H groups in total. The molecule has 0 radical (unpaired) electrons. The van der Waals surface area contributed by atoms with Gasteiger partial charge in [0.25, 0.3) is 0 Å². The van der Waals surface area contributed by atoms with Crippen LogP contribution in [0.4, 0.5) is 4.79 Å². The smallest absolute Gasteiger partial charge is 0.408 e. The van der Waals surface area contributed by atoms with Gasteiger partial charge in [-0.1, -0.05) is 69.3 Å².